The molecule has 0 bridgehead atoms. The molecule has 1 amide bonds. The van der Waals surface area contributed by atoms with E-state index in [2.05, 4.69) is 15.5 Å². The summed E-state index contributed by atoms with van der Waals surface area (Å²) in [7, 11) is 0. The van der Waals surface area contributed by atoms with E-state index in [0.717, 1.165) is 0 Å². The van der Waals surface area contributed by atoms with E-state index in [0.29, 0.717) is 18.1 Å². The minimum absolute atomic E-state index is 0.272. The normalized spacial score (nSPS) is 12.1. The van der Waals surface area contributed by atoms with Gasteiger partial charge in [-0.2, -0.15) is 4.98 Å². The fourth-order valence-corrected chi connectivity index (χ4v) is 1.15. The number of hydrogen-bond donors (Lipinski definition) is 3. The van der Waals surface area contributed by atoms with Crippen molar-refractivity contribution in [1.82, 2.24) is 15.5 Å². The van der Waals surface area contributed by atoms with Gasteiger partial charge < -0.3 is 20.7 Å². The molecule has 1 aromatic rings. The van der Waals surface area contributed by atoms with Crippen LogP contribution in [0, 0.1) is 6.92 Å². The Balaban J connectivity index is 2.26. The molecule has 17 heavy (non-hydrogen) atoms. The number of carboxylic acid groups (broad SMARTS) is 1. The lowest BCUT2D eigenvalue weighted by atomic mass is 10.2. The van der Waals surface area contributed by atoms with Gasteiger partial charge >= 0.3 is 5.97 Å². The molecule has 0 saturated carbocycles. The van der Waals surface area contributed by atoms with E-state index in [4.69, 9.17) is 15.4 Å². The van der Waals surface area contributed by atoms with Crippen LogP contribution in [0.25, 0.3) is 0 Å². The summed E-state index contributed by atoms with van der Waals surface area (Å²) in [5.74, 6) is -0.688. The first-order valence-electron chi connectivity index (χ1n) is 5.03. The van der Waals surface area contributed by atoms with Crippen LogP contribution in [0.1, 0.15) is 18.1 Å². The summed E-state index contributed by atoms with van der Waals surface area (Å²) < 4.78 is 4.83. The van der Waals surface area contributed by atoms with Gasteiger partial charge in [-0.3, -0.25) is 9.59 Å². The highest BCUT2D eigenvalue weighted by molar-refractivity contribution is 5.85. The summed E-state index contributed by atoms with van der Waals surface area (Å²) >= 11 is 0. The average molecular weight is 242 g/mol. The lowest BCUT2D eigenvalue weighted by Crippen LogP contribution is -2.42. The van der Waals surface area contributed by atoms with E-state index in [1.54, 1.807) is 6.92 Å². The Morgan fingerprint density at radius 3 is 2.82 bits per heavy atom. The summed E-state index contributed by atoms with van der Waals surface area (Å²) in [4.78, 5) is 25.6. The monoisotopic (exact) mass is 242 g/mol. The van der Waals surface area contributed by atoms with Crippen molar-refractivity contribution in [3.8, 4) is 0 Å². The van der Waals surface area contributed by atoms with Crippen LogP contribution in [-0.4, -0.2) is 39.7 Å². The summed E-state index contributed by atoms with van der Waals surface area (Å²) in [5, 5.41) is 14.5. The number of carbonyl (C=O) groups excluding carboxylic acids is 1. The summed E-state index contributed by atoms with van der Waals surface area (Å²) in [6.45, 7) is 1.96. The predicted molar refractivity (Wildman–Crippen MR) is 56.0 cm³/mol. The Morgan fingerprint density at radius 1 is 1.59 bits per heavy atom. The lowest BCUT2D eigenvalue weighted by molar-refractivity contribution is -0.139. The Kier molecular flexibility index (Phi) is 4.58. The zero-order chi connectivity index (χ0) is 12.8. The van der Waals surface area contributed by atoms with Crippen LogP contribution in [0.15, 0.2) is 4.52 Å². The molecule has 0 saturated heterocycles. The molecule has 0 aliphatic heterocycles. The molecule has 0 radical (unpaired) electrons. The van der Waals surface area contributed by atoms with Crippen molar-refractivity contribution in [3.05, 3.63) is 11.7 Å². The predicted octanol–water partition coefficient (Wildman–Crippen LogP) is -1.16. The fraction of sp³-hybridized carbons (Fsp3) is 0.556. The van der Waals surface area contributed by atoms with Crippen molar-refractivity contribution in [1.29, 1.82) is 0 Å². The third kappa shape index (κ3) is 4.60. The van der Waals surface area contributed by atoms with Crippen molar-refractivity contribution in [2.24, 2.45) is 5.73 Å². The van der Waals surface area contributed by atoms with Gasteiger partial charge in [0.05, 0.1) is 12.5 Å². The summed E-state index contributed by atoms with van der Waals surface area (Å²) in [6, 6.07) is -1.04. The van der Waals surface area contributed by atoms with Crippen LogP contribution >= 0.6 is 0 Å². The Labute approximate surface area is 97.2 Å². The van der Waals surface area contributed by atoms with Crippen molar-refractivity contribution in [2.75, 3.05) is 6.54 Å². The molecule has 1 aromatic heterocycles. The molecule has 0 aliphatic rings. The van der Waals surface area contributed by atoms with Crippen molar-refractivity contribution < 1.29 is 19.2 Å². The molecular formula is C9H14N4O4. The van der Waals surface area contributed by atoms with E-state index < -0.39 is 24.3 Å². The fourth-order valence-electron chi connectivity index (χ4n) is 1.15. The topological polar surface area (TPSA) is 131 Å². The maximum Gasteiger partial charge on any atom is 0.305 e. The molecular weight excluding hydrogens is 228 g/mol. The van der Waals surface area contributed by atoms with Gasteiger partial charge in [-0.25, -0.2) is 0 Å². The van der Waals surface area contributed by atoms with Gasteiger partial charge in [0.15, 0.2) is 5.82 Å². The summed E-state index contributed by atoms with van der Waals surface area (Å²) in [5.41, 5.74) is 5.36. The molecule has 4 N–H and O–H groups in total. The summed E-state index contributed by atoms with van der Waals surface area (Å²) in [6.07, 6.45) is -0.0160. The largest absolute Gasteiger partial charge is 0.481 e. The molecule has 94 valence electrons. The van der Waals surface area contributed by atoms with Gasteiger partial charge in [0.1, 0.15) is 0 Å². The van der Waals surface area contributed by atoms with Crippen LogP contribution in [-0.2, 0) is 16.0 Å². The quantitative estimate of drug-likeness (QED) is 0.573. The smallest absolute Gasteiger partial charge is 0.305 e. The number of aliphatic carboxylic acids is 1. The number of nitrogens with zero attached hydrogens (tertiary/aromatic N) is 2. The first-order chi connectivity index (χ1) is 7.99. The van der Waals surface area contributed by atoms with Crippen LogP contribution < -0.4 is 11.1 Å². The van der Waals surface area contributed by atoms with E-state index in [-0.39, 0.29) is 6.54 Å². The molecule has 8 nitrogen and oxygen atoms in total. The molecule has 1 unspecified atom stereocenters. The Hall–Kier alpha value is -1.96. The molecule has 0 aliphatic carbocycles. The lowest BCUT2D eigenvalue weighted by Gasteiger charge is -2.08. The number of carboxylic acids is 1. The maximum atomic E-state index is 11.3. The zero-order valence-corrected chi connectivity index (χ0v) is 9.34. The highest BCUT2D eigenvalue weighted by Gasteiger charge is 2.16. The number of rotatable bonds is 6. The molecule has 1 atom stereocenters. The Morgan fingerprint density at radius 2 is 2.29 bits per heavy atom. The van der Waals surface area contributed by atoms with Gasteiger partial charge in [0, 0.05) is 13.0 Å². The number of nitrogens with two attached hydrogens (primary N) is 1. The standard InChI is InChI=1S/C9H14N4O4/c1-5-12-7(17-13-5)2-3-11-9(16)6(10)4-8(14)15/h6H,2-4,10H2,1H3,(H,11,16)(H,14,15). The molecule has 0 fully saturated rings. The van der Waals surface area contributed by atoms with E-state index in [1.165, 1.54) is 0 Å². The average Bonchev–Trinajstić information content (AvgIpc) is 2.63. The highest BCUT2D eigenvalue weighted by atomic mass is 16.5. The van der Waals surface area contributed by atoms with Crippen LogP contribution in [0.4, 0.5) is 0 Å². The Bertz CT molecular complexity index is 403. The minimum atomic E-state index is -1.11. The van der Waals surface area contributed by atoms with Crippen molar-refractivity contribution >= 4 is 11.9 Å². The molecule has 1 heterocycles. The third-order valence-electron chi connectivity index (χ3n) is 1.94. The SMILES string of the molecule is Cc1noc(CCNC(=O)C(N)CC(=O)O)n1. The van der Waals surface area contributed by atoms with Crippen LogP contribution in [0.3, 0.4) is 0 Å². The number of nitrogens with one attached hydrogen (secondary N) is 1. The van der Waals surface area contributed by atoms with Crippen LogP contribution in [0.5, 0.6) is 0 Å². The number of hydrogen-bond acceptors (Lipinski definition) is 6. The third-order valence-corrected chi connectivity index (χ3v) is 1.94. The second kappa shape index (κ2) is 5.94. The van der Waals surface area contributed by atoms with E-state index in [1.807, 2.05) is 0 Å². The highest BCUT2D eigenvalue weighted by Crippen LogP contribution is 1.96. The number of carbonyl (C=O) groups is 2. The second-order valence-electron chi connectivity index (χ2n) is 3.48. The van der Waals surface area contributed by atoms with Crippen LogP contribution in [0.2, 0.25) is 0 Å². The maximum absolute atomic E-state index is 11.3. The van der Waals surface area contributed by atoms with Gasteiger partial charge in [0.2, 0.25) is 11.8 Å². The molecule has 0 spiro atoms. The van der Waals surface area contributed by atoms with Crippen molar-refractivity contribution in [3.63, 3.8) is 0 Å². The zero-order valence-electron chi connectivity index (χ0n) is 9.34. The first-order valence-corrected chi connectivity index (χ1v) is 5.03. The molecule has 1 rings (SSSR count). The number of aryl methyl sites for hydroxylation is 1. The van der Waals surface area contributed by atoms with Gasteiger partial charge in [-0.05, 0) is 6.92 Å². The molecule has 0 aromatic carbocycles. The van der Waals surface area contributed by atoms with E-state index in [9.17, 15) is 9.59 Å². The van der Waals surface area contributed by atoms with Gasteiger partial charge in [0.25, 0.3) is 0 Å². The molecule has 8 heteroatoms. The van der Waals surface area contributed by atoms with Crippen molar-refractivity contribution in [2.45, 2.75) is 25.8 Å². The first kappa shape index (κ1) is 13.1. The minimum Gasteiger partial charge on any atom is -0.481 e. The van der Waals surface area contributed by atoms with Gasteiger partial charge in [-0.15, -0.1) is 0 Å². The number of aromatic nitrogens is 2. The number of amides is 1. The van der Waals surface area contributed by atoms with E-state index >= 15 is 0 Å². The van der Waals surface area contributed by atoms with Gasteiger partial charge in [-0.1, -0.05) is 5.16 Å². The second-order valence-corrected chi connectivity index (χ2v) is 3.48.